The number of carbonyl (C=O) groups is 1. The maximum Gasteiger partial charge on any atom is 0.332 e. The molecule has 102 valence electrons. The van der Waals surface area contributed by atoms with Crippen molar-refractivity contribution >= 4 is 5.97 Å². The third-order valence-corrected chi connectivity index (χ3v) is 2.42. The van der Waals surface area contributed by atoms with Crippen molar-refractivity contribution in [2.45, 2.75) is 33.2 Å². The van der Waals surface area contributed by atoms with Crippen LogP contribution in [0.4, 0.5) is 0 Å². The van der Waals surface area contributed by atoms with Crippen LogP contribution >= 0.6 is 0 Å². The highest BCUT2D eigenvalue weighted by Crippen LogP contribution is 2.04. The molecule has 0 saturated carbocycles. The van der Waals surface area contributed by atoms with Gasteiger partial charge in [0.15, 0.2) is 0 Å². The number of hydrogen-bond acceptors (Lipinski definition) is 5. The van der Waals surface area contributed by atoms with E-state index in [9.17, 15) is 4.79 Å². The van der Waals surface area contributed by atoms with Crippen molar-refractivity contribution in [1.82, 2.24) is 5.32 Å². The lowest BCUT2D eigenvalue weighted by molar-refractivity contribution is -0.148. The second-order valence-electron chi connectivity index (χ2n) is 4.17. The van der Waals surface area contributed by atoms with Crippen LogP contribution in [0.15, 0.2) is 0 Å². The first-order chi connectivity index (χ1) is 8.11. The number of hydrogen-bond donors (Lipinski definition) is 2. The minimum atomic E-state index is -0.330. The average Bonchev–Trinajstić information content (AvgIpc) is 2.27. The largest absolute Gasteiger partial charge is 0.464 e. The highest BCUT2D eigenvalue weighted by Gasteiger charge is 2.11. The molecule has 0 aliphatic heterocycles. The van der Waals surface area contributed by atoms with Crippen molar-refractivity contribution in [3.05, 3.63) is 0 Å². The minimum Gasteiger partial charge on any atom is -0.464 e. The van der Waals surface area contributed by atoms with Gasteiger partial charge in [-0.25, -0.2) is 4.79 Å². The van der Waals surface area contributed by atoms with Crippen LogP contribution in [0, 0.1) is 5.92 Å². The Morgan fingerprint density at radius 3 is 2.65 bits per heavy atom. The van der Waals surface area contributed by atoms with Gasteiger partial charge < -0.3 is 19.9 Å². The molecule has 0 fully saturated rings. The number of ether oxygens (including phenoxy) is 2. The molecule has 1 unspecified atom stereocenters. The molecule has 1 atom stereocenters. The van der Waals surface area contributed by atoms with Crippen LogP contribution in [0.2, 0.25) is 0 Å². The van der Waals surface area contributed by atoms with Crippen molar-refractivity contribution in [3.63, 3.8) is 0 Å². The highest BCUT2D eigenvalue weighted by atomic mass is 16.6. The molecule has 0 aromatic heterocycles. The van der Waals surface area contributed by atoms with Gasteiger partial charge in [0.05, 0.1) is 13.2 Å². The van der Waals surface area contributed by atoms with Crippen LogP contribution in [-0.4, -0.2) is 50.1 Å². The SMILES string of the molecule is CCOC(=O)COCCNC(CCO)C(C)C. The lowest BCUT2D eigenvalue weighted by Crippen LogP contribution is -2.37. The molecule has 0 aliphatic rings. The summed E-state index contributed by atoms with van der Waals surface area (Å²) in [7, 11) is 0. The predicted octanol–water partition coefficient (Wildman–Crippen LogP) is 0.563. The van der Waals surface area contributed by atoms with Gasteiger partial charge in [-0.05, 0) is 19.3 Å². The fraction of sp³-hybridized carbons (Fsp3) is 0.917. The number of aliphatic hydroxyl groups excluding tert-OH is 1. The van der Waals surface area contributed by atoms with Crippen LogP contribution in [0.1, 0.15) is 27.2 Å². The first kappa shape index (κ1) is 16.4. The molecule has 0 amide bonds. The van der Waals surface area contributed by atoms with E-state index >= 15 is 0 Å². The van der Waals surface area contributed by atoms with Crippen LogP contribution in [0.25, 0.3) is 0 Å². The Morgan fingerprint density at radius 2 is 2.12 bits per heavy atom. The van der Waals surface area contributed by atoms with Gasteiger partial charge in [-0.1, -0.05) is 13.8 Å². The summed E-state index contributed by atoms with van der Waals surface area (Å²) in [4.78, 5) is 11.0. The summed E-state index contributed by atoms with van der Waals surface area (Å²) in [5.41, 5.74) is 0. The van der Waals surface area contributed by atoms with E-state index in [2.05, 4.69) is 19.2 Å². The highest BCUT2D eigenvalue weighted by molar-refractivity contribution is 5.70. The monoisotopic (exact) mass is 247 g/mol. The predicted molar refractivity (Wildman–Crippen MR) is 65.8 cm³/mol. The molecule has 5 heteroatoms. The van der Waals surface area contributed by atoms with E-state index in [4.69, 9.17) is 14.6 Å². The zero-order chi connectivity index (χ0) is 13.1. The third-order valence-electron chi connectivity index (χ3n) is 2.42. The average molecular weight is 247 g/mol. The van der Waals surface area contributed by atoms with Crippen LogP contribution in [0.3, 0.4) is 0 Å². The first-order valence-electron chi connectivity index (χ1n) is 6.19. The van der Waals surface area contributed by atoms with Crippen molar-refractivity contribution in [1.29, 1.82) is 0 Å². The van der Waals surface area contributed by atoms with Gasteiger partial charge >= 0.3 is 5.97 Å². The molecule has 0 aromatic rings. The maximum atomic E-state index is 11.0. The molecule has 2 N–H and O–H groups in total. The molecule has 17 heavy (non-hydrogen) atoms. The molecule has 0 spiro atoms. The lowest BCUT2D eigenvalue weighted by atomic mass is 10.0. The first-order valence-corrected chi connectivity index (χ1v) is 6.19. The fourth-order valence-electron chi connectivity index (χ4n) is 1.48. The molecule has 0 heterocycles. The topological polar surface area (TPSA) is 67.8 Å². The Bertz CT molecular complexity index is 197. The molecule has 0 aliphatic carbocycles. The zero-order valence-electron chi connectivity index (χ0n) is 11.1. The van der Waals surface area contributed by atoms with E-state index in [1.165, 1.54) is 0 Å². The summed E-state index contributed by atoms with van der Waals surface area (Å²) < 4.78 is 9.89. The smallest absolute Gasteiger partial charge is 0.332 e. The molecule has 5 nitrogen and oxygen atoms in total. The Hall–Kier alpha value is -0.650. The minimum absolute atomic E-state index is 0.00185. The maximum absolute atomic E-state index is 11.0. The molecule has 0 rings (SSSR count). The molecular weight excluding hydrogens is 222 g/mol. The van der Waals surface area contributed by atoms with E-state index in [-0.39, 0.29) is 25.2 Å². The normalized spacial score (nSPS) is 12.8. The standard InChI is InChI=1S/C12H25NO4/c1-4-17-12(15)9-16-8-6-13-11(5-7-14)10(2)3/h10-11,13-14H,4-9H2,1-3H3. The third kappa shape index (κ3) is 9.09. The Morgan fingerprint density at radius 1 is 1.41 bits per heavy atom. The van der Waals surface area contributed by atoms with Gasteiger partial charge in [0, 0.05) is 19.2 Å². The number of nitrogens with one attached hydrogen (secondary N) is 1. The second kappa shape index (κ2) is 10.5. The summed E-state index contributed by atoms with van der Waals surface area (Å²) in [5.74, 6) is 0.135. The molecule has 0 bridgehead atoms. The summed E-state index contributed by atoms with van der Waals surface area (Å²) >= 11 is 0. The Balaban J connectivity index is 3.51. The van der Waals surface area contributed by atoms with Gasteiger partial charge in [-0.15, -0.1) is 0 Å². The van der Waals surface area contributed by atoms with Crippen molar-refractivity contribution in [2.75, 3.05) is 33.0 Å². The zero-order valence-corrected chi connectivity index (χ0v) is 11.1. The molecule has 0 saturated heterocycles. The molecule has 0 aromatic carbocycles. The number of esters is 1. The Kier molecular flexibility index (Phi) is 10.1. The summed E-state index contributed by atoms with van der Waals surface area (Å²) in [6, 6.07) is 0.284. The quantitative estimate of drug-likeness (QED) is 0.436. The summed E-state index contributed by atoms with van der Waals surface area (Å²) in [5, 5.41) is 12.2. The summed E-state index contributed by atoms with van der Waals surface area (Å²) in [6.45, 7) is 7.67. The van der Waals surface area contributed by atoms with Crippen LogP contribution < -0.4 is 5.32 Å². The van der Waals surface area contributed by atoms with E-state index in [1.807, 2.05) is 0 Å². The lowest BCUT2D eigenvalue weighted by Gasteiger charge is -2.21. The molecule has 0 radical (unpaired) electrons. The van der Waals surface area contributed by atoms with Gasteiger partial charge in [-0.2, -0.15) is 0 Å². The number of aliphatic hydroxyl groups is 1. The number of carbonyl (C=O) groups excluding carboxylic acids is 1. The van der Waals surface area contributed by atoms with E-state index < -0.39 is 0 Å². The number of rotatable bonds is 10. The second-order valence-corrected chi connectivity index (χ2v) is 4.17. The Labute approximate surface area is 103 Å². The van der Waals surface area contributed by atoms with Crippen molar-refractivity contribution < 1.29 is 19.4 Å². The van der Waals surface area contributed by atoms with Crippen molar-refractivity contribution in [2.24, 2.45) is 5.92 Å². The van der Waals surface area contributed by atoms with Gasteiger partial charge in [-0.3, -0.25) is 0 Å². The van der Waals surface area contributed by atoms with E-state index in [0.29, 0.717) is 25.7 Å². The van der Waals surface area contributed by atoms with E-state index in [1.54, 1.807) is 6.92 Å². The van der Waals surface area contributed by atoms with Crippen LogP contribution in [0.5, 0.6) is 0 Å². The molecular formula is C12H25NO4. The fourth-order valence-corrected chi connectivity index (χ4v) is 1.48. The van der Waals surface area contributed by atoms with Gasteiger partial charge in [0.25, 0.3) is 0 Å². The summed E-state index contributed by atoms with van der Waals surface area (Å²) in [6.07, 6.45) is 0.732. The van der Waals surface area contributed by atoms with Gasteiger partial charge in [0.2, 0.25) is 0 Å². The van der Waals surface area contributed by atoms with E-state index in [0.717, 1.165) is 6.42 Å². The van der Waals surface area contributed by atoms with Crippen LogP contribution in [-0.2, 0) is 14.3 Å². The van der Waals surface area contributed by atoms with Crippen molar-refractivity contribution in [3.8, 4) is 0 Å². The van der Waals surface area contributed by atoms with Gasteiger partial charge in [0.1, 0.15) is 6.61 Å².